The zero-order chi connectivity index (χ0) is 36.0. The quantitative estimate of drug-likeness (QED) is 0.190. The maximum Gasteiger partial charge on any atom is 0.136 e. The fourth-order valence-corrected chi connectivity index (χ4v) is 9.83. The lowest BCUT2D eigenvalue weighted by atomic mass is 9.97. The van der Waals surface area contributed by atoms with Crippen LogP contribution in [0.4, 0.5) is 0 Å². The SMILES string of the molecule is c1ccc2cc(C3N=C(c4cccc5c4sc4ccccc45)NC(c4cccc5oc6cc(-c7cccc8oc9ccccc9c78)ccc6c45)N3)ccc2c1. The van der Waals surface area contributed by atoms with Gasteiger partial charge in [0.2, 0.25) is 0 Å². The molecule has 0 amide bonds. The molecule has 1 aliphatic heterocycles. The van der Waals surface area contributed by atoms with Gasteiger partial charge in [0.15, 0.2) is 0 Å². The third kappa shape index (κ3) is 4.79. The molecule has 6 heteroatoms. The highest BCUT2D eigenvalue weighted by Gasteiger charge is 2.29. The molecular formula is C49H31N3O2S. The first-order chi connectivity index (χ1) is 27.2. The molecule has 12 rings (SSSR count). The lowest BCUT2D eigenvalue weighted by Crippen LogP contribution is -2.45. The average molecular weight is 726 g/mol. The van der Waals surface area contributed by atoms with Crippen LogP contribution in [0.1, 0.15) is 29.0 Å². The van der Waals surface area contributed by atoms with Crippen LogP contribution in [0.3, 0.4) is 0 Å². The fraction of sp³-hybridized carbons (Fsp3) is 0.0408. The third-order valence-electron chi connectivity index (χ3n) is 11.2. The summed E-state index contributed by atoms with van der Waals surface area (Å²) in [5.74, 6) is 0.867. The molecule has 0 aliphatic carbocycles. The number of nitrogens with one attached hydrogen (secondary N) is 2. The van der Waals surface area contributed by atoms with Gasteiger partial charge in [0, 0.05) is 52.8 Å². The molecule has 4 heterocycles. The van der Waals surface area contributed by atoms with Gasteiger partial charge in [-0.1, -0.05) is 115 Å². The minimum absolute atomic E-state index is 0.260. The van der Waals surface area contributed by atoms with Gasteiger partial charge in [-0.3, -0.25) is 5.32 Å². The Balaban J connectivity index is 1.01. The van der Waals surface area contributed by atoms with Crippen molar-refractivity contribution < 1.29 is 8.83 Å². The Hall–Kier alpha value is -6.73. The van der Waals surface area contributed by atoms with E-state index >= 15 is 0 Å². The summed E-state index contributed by atoms with van der Waals surface area (Å²) >= 11 is 1.82. The van der Waals surface area contributed by atoms with Gasteiger partial charge >= 0.3 is 0 Å². The van der Waals surface area contributed by atoms with Gasteiger partial charge in [0.05, 0.1) is 0 Å². The van der Waals surface area contributed by atoms with Crippen LogP contribution in [0, 0.1) is 0 Å². The highest BCUT2D eigenvalue weighted by Crippen LogP contribution is 2.42. The first-order valence-electron chi connectivity index (χ1n) is 18.6. The molecule has 0 saturated heterocycles. The number of fused-ring (bicyclic) bond motifs is 10. The molecule has 5 nitrogen and oxygen atoms in total. The summed E-state index contributed by atoms with van der Waals surface area (Å²) in [4.78, 5) is 5.41. The zero-order valence-electron chi connectivity index (χ0n) is 29.4. The van der Waals surface area contributed by atoms with Gasteiger partial charge in [-0.25, -0.2) is 4.99 Å². The van der Waals surface area contributed by atoms with E-state index in [-0.39, 0.29) is 12.3 Å². The molecule has 0 saturated carbocycles. The van der Waals surface area contributed by atoms with Crippen LogP contribution in [0.15, 0.2) is 178 Å². The number of rotatable bonds is 4. The molecule has 11 aromatic rings. The van der Waals surface area contributed by atoms with Crippen LogP contribution in [-0.4, -0.2) is 5.84 Å². The number of thiophene rings is 1. The molecule has 0 fully saturated rings. The Morgan fingerprint density at radius 3 is 2.16 bits per heavy atom. The predicted octanol–water partition coefficient (Wildman–Crippen LogP) is 13.0. The number of benzene rings is 8. The van der Waals surface area contributed by atoms with E-state index in [9.17, 15) is 0 Å². The largest absolute Gasteiger partial charge is 0.456 e. The lowest BCUT2D eigenvalue weighted by Gasteiger charge is -2.32. The Kier molecular flexibility index (Phi) is 6.64. The van der Waals surface area contributed by atoms with E-state index in [2.05, 4.69) is 156 Å². The third-order valence-corrected chi connectivity index (χ3v) is 12.4. The normalized spacial score (nSPS) is 16.2. The molecule has 0 bridgehead atoms. The van der Waals surface area contributed by atoms with Crippen molar-refractivity contribution in [2.24, 2.45) is 4.99 Å². The standard InChI is InChI=1S/C49H31N3O2S/c1-2-11-29-26-31(23-22-28(29)10-1)47-50-48(52-49(51-47)38-17-7-15-34-33-12-4-6-21-43(33)55-46(34)38)37-16-9-20-41-45(37)36-25-24-30(27-42(36)54-41)32-14-8-19-40-44(32)35-13-3-5-18-39(35)53-40/h1-27,47-48,50H,(H,51,52). The van der Waals surface area contributed by atoms with Crippen LogP contribution in [0.5, 0.6) is 0 Å². The van der Waals surface area contributed by atoms with Crippen LogP contribution < -0.4 is 10.6 Å². The van der Waals surface area contributed by atoms with E-state index in [4.69, 9.17) is 13.8 Å². The molecule has 1 aliphatic rings. The summed E-state index contributed by atoms with van der Waals surface area (Å²) in [6.07, 6.45) is -0.551. The van der Waals surface area contributed by atoms with Gasteiger partial charge in [-0.05, 0) is 76.0 Å². The summed E-state index contributed by atoms with van der Waals surface area (Å²) in [5, 5.41) is 17.1. The van der Waals surface area contributed by atoms with Crippen LogP contribution in [0.2, 0.25) is 0 Å². The topological polar surface area (TPSA) is 62.7 Å². The van der Waals surface area contributed by atoms with Crippen LogP contribution >= 0.6 is 11.3 Å². The van der Waals surface area contributed by atoms with E-state index in [1.54, 1.807) is 0 Å². The number of furan rings is 2. The van der Waals surface area contributed by atoms with E-state index < -0.39 is 0 Å². The Labute approximate surface area is 319 Å². The summed E-state index contributed by atoms with van der Waals surface area (Å²) in [7, 11) is 0. The summed E-state index contributed by atoms with van der Waals surface area (Å²) in [6.45, 7) is 0. The molecule has 8 aromatic carbocycles. The number of hydrogen-bond donors (Lipinski definition) is 2. The Morgan fingerprint density at radius 1 is 0.509 bits per heavy atom. The summed E-state index contributed by atoms with van der Waals surface area (Å²) in [5.41, 5.74) is 8.98. The van der Waals surface area contributed by atoms with Crippen molar-refractivity contribution in [3.63, 3.8) is 0 Å². The first kappa shape index (κ1) is 30.7. The maximum atomic E-state index is 6.68. The van der Waals surface area contributed by atoms with Crippen molar-refractivity contribution in [1.29, 1.82) is 0 Å². The van der Waals surface area contributed by atoms with Gasteiger partial charge in [-0.2, -0.15) is 0 Å². The monoisotopic (exact) mass is 725 g/mol. The number of aliphatic imine (C=N–C) groups is 1. The minimum atomic E-state index is -0.291. The van der Waals surface area contributed by atoms with Gasteiger partial charge in [0.25, 0.3) is 0 Å². The zero-order valence-corrected chi connectivity index (χ0v) is 30.2. The summed E-state index contributed by atoms with van der Waals surface area (Å²) < 4.78 is 15.4. The van der Waals surface area contributed by atoms with Crippen molar-refractivity contribution >= 4 is 92.0 Å². The first-order valence-corrected chi connectivity index (χ1v) is 19.4. The van der Waals surface area contributed by atoms with Gasteiger partial charge in [-0.15, -0.1) is 11.3 Å². The molecule has 2 unspecified atom stereocenters. The van der Waals surface area contributed by atoms with Crippen molar-refractivity contribution in [3.05, 3.63) is 180 Å². The van der Waals surface area contributed by atoms with Crippen LogP contribution in [0.25, 0.3) is 85.9 Å². The second-order valence-electron chi connectivity index (χ2n) is 14.3. The van der Waals surface area contributed by atoms with Crippen molar-refractivity contribution in [1.82, 2.24) is 10.6 Å². The molecular weight excluding hydrogens is 695 g/mol. The Bertz CT molecular complexity index is 3370. The van der Waals surface area contributed by atoms with Gasteiger partial charge < -0.3 is 14.2 Å². The number of hydrogen-bond acceptors (Lipinski definition) is 6. The van der Waals surface area contributed by atoms with E-state index in [1.165, 1.54) is 30.9 Å². The molecule has 3 aromatic heterocycles. The molecule has 55 heavy (non-hydrogen) atoms. The van der Waals surface area contributed by atoms with Crippen LogP contribution in [-0.2, 0) is 0 Å². The molecule has 2 atom stereocenters. The molecule has 2 N–H and O–H groups in total. The second-order valence-corrected chi connectivity index (χ2v) is 15.4. The Morgan fingerprint density at radius 2 is 1.22 bits per heavy atom. The van der Waals surface area contributed by atoms with E-state index in [1.807, 2.05) is 29.5 Å². The van der Waals surface area contributed by atoms with Gasteiger partial charge in [0.1, 0.15) is 40.5 Å². The molecule has 0 radical (unpaired) electrons. The summed E-state index contributed by atoms with van der Waals surface area (Å²) in [6, 6.07) is 57.8. The molecule has 0 spiro atoms. The number of amidine groups is 1. The predicted molar refractivity (Wildman–Crippen MR) is 228 cm³/mol. The van der Waals surface area contributed by atoms with E-state index in [0.717, 1.165) is 77.5 Å². The lowest BCUT2D eigenvalue weighted by molar-refractivity contribution is 0.411. The maximum absolute atomic E-state index is 6.68. The average Bonchev–Trinajstić information content (AvgIpc) is 3.94. The van der Waals surface area contributed by atoms with Crippen molar-refractivity contribution in [2.75, 3.05) is 0 Å². The van der Waals surface area contributed by atoms with Crippen molar-refractivity contribution in [3.8, 4) is 11.1 Å². The number of para-hydroxylation sites is 1. The molecule has 260 valence electrons. The van der Waals surface area contributed by atoms with E-state index in [0.29, 0.717) is 0 Å². The van der Waals surface area contributed by atoms with Crippen molar-refractivity contribution in [2.45, 2.75) is 12.3 Å². The highest BCUT2D eigenvalue weighted by molar-refractivity contribution is 7.26. The number of nitrogens with zero attached hydrogens (tertiary/aromatic N) is 1. The second kappa shape index (κ2) is 11.9. The fourth-order valence-electron chi connectivity index (χ4n) is 8.61. The highest BCUT2D eigenvalue weighted by atomic mass is 32.1. The minimum Gasteiger partial charge on any atom is -0.456 e. The smallest absolute Gasteiger partial charge is 0.136 e.